The largest absolute Gasteiger partial charge is 0.498 e. The van der Waals surface area contributed by atoms with E-state index in [0.29, 0.717) is 0 Å². The van der Waals surface area contributed by atoms with Crippen molar-refractivity contribution in [1.29, 1.82) is 0 Å². The first-order chi connectivity index (χ1) is 9.82. The standard InChI is InChI=1S/C13H19BFNO3/c1-12(2)13(3,4)19-14(18-12)9-6-8(15)7-10(16)11(9)17-5/h6-7H,16H2,1-5H3/i5D3. The monoisotopic (exact) mass is 270 g/mol. The van der Waals surface area contributed by atoms with Crippen LogP contribution in [-0.4, -0.2) is 25.4 Å². The fourth-order valence-corrected chi connectivity index (χ4v) is 1.90. The smallest absolute Gasteiger partial charge is 0.495 e. The first-order valence-corrected chi connectivity index (χ1v) is 5.96. The molecule has 6 heteroatoms. The van der Waals surface area contributed by atoms with Crippen molar-refractivity contribution in [2.24, 2.45) is 0 Å². The normalized spacial score (nSPS) is 23.6. The Kier molecular flexibility index (Phi) is 2.43. The molecule has 1 aliphatic rings. The number of benzene rings is 1. The van der Waals surface area contributed by atoms with Gasteiger partial charge in [0, 0.05) is 11.5 Å². The molecule has 1 heterocycles. The summed E-state index contributed by atoms with van der Waals surface area (Å²) in [5.41, 5.74) is 4.39. The first kappa shape index (κ1) is 10.5. The number of methoxy groups -OCH3 is 1. The van der Waals surface area contributed by atoms with Gasteiger partial charge in [-0.15, -0.1) is 0 Å². The molecule has 4 nitrogen and oxygen atoms in total. The van der Waals surface area contributed by atoms with Crippen molar-refractivity contribution in [3.05, 3.63) is 17.9 Å². The number of nitrogen functional groups attached to an aromatic ring is 1. The van der Waals surface area contributed by atoms with Crippen molar-refractivity contribution < 1.29 is 22.5 Å². The lowest BCUT2D eigenvalue weighted by Crippen LogP contribution is -2.41. The van der Waals surface area contributed by atoms with Crippen molar-refractivity contribution >= 4 is 18.3 Å². The molecule has 0 aliphatic carbocycles. The summed E-state index contributed by atoms with van der Waals surface area (Å²) in [7, 11) is -3.69. The Morgan fingerprint density at radius 1 is 1.26 bits per heavy atom. The number of rotatable bonds is 2. The Morgan fingerprint density at radius 2 is 1.84 bits per heavy atom. The molecular weight excluding hydrogens is 248 g/mol. The van der Waals surface area contributed by atoms with E-state index in [1.165, 1.54) is 0 Å². The minimum absolute atomic E-state index is 0.118. The van der Waals surface area contributed by atoms with Gasteiger partial charge in [-0.05, 0) is 33.8 Å². The number of hydrogen-bond donors (Lipinski definition) is 1. The highest BCUT2D eigenvalue weighted by Crippen LogP contribution is 2.37. The minimum Gasteiger partial charge on any atom is -0.495 e. The lowest BCUT2D eigenvalue weighted by molar-refractivity contribution is 0.00578. The van der Waals surface area contributed by atoms with E-state index in [-0.39, 0.29) is 16.9 Å². The van der Waals surface area contributed by atoms with Gasteiger partial charge in [-0.2, -0.15) is 0 Å². The van der Waals surface area contributed by atoms with Crippen LogP contribution in [0.1, 0.15) is 31.8 Å². The molecule has 0 atom stereocenters. The number of nitrogens with two attached hydrogens (primary N) is 1. The molecule has 104 valence electrons. The highest BCUT2D eigenvalue weighted by atomic mass is 19.1. The van der Waals surface area contributed by atoms with Crippen molar-refractivity contribution in [1.82, 2.24) is 0 Å². The van der Waals surface area contributed by atoms with E-state index in [2.05, 4.69) is 0 Å². The summed E-state index contributed by atoms with van der Waals surface area (Å²) in [6, 6.07) is 2.11. The average Bonchev–Trinajstić information content (AvgIpc) is 2.50. The quantitative estimate of drug-likeness (QED) is 0.656. The summed E-state index contributed by atoms with van der Waals surface area (Å²) in [6.45, 7) is 7.33. The molecule has 1 aromatic rings. The minimum atomic E-state index is -2.72. The number of halogens is 1. The van der Waals surface area contributed by atoms with Gasteiger partial charge in [-0.3, -0.25) is 0 Å². The summed E-state index contributed by atoms with van der Waals surface area (Å²) in [5, 5.41) is 0. The van der Waals surface area contributed by atoms with Crippen LogP contribution in [0.5, 0.6) is 5.75 Å². The van der Waals surface area contributed by atoms with Crippen LogP contribution in [0.4, 0.5) is 10.1 Å². The maximum absolute atomic E-state index is 13.7. The van der Waals surface area contributed by atoms with Crippen LogP contribution in [-0.2, 0) is 9.31 Å². The second-order valence-corrected chi connectivity index (χ2v) is 5.60. The zero-order valence-corrected chi connectivity index (χ0v) is 11.4. The van der Waals surface area contributed by atoms with Gasteiger partial charge < -0.3 is 19.8 Å². The molecule has 1 aliphatic heterocycles. The third-order valence-corrected chi connectivity index (χ3v) is 3.72. The molecule has 0 unspecified atom stereocenters. The number of ether oxygens (including phenoxy) is 1. The molecule has 2 rings (SSSR count). The van der Waals surface area contributed by atoms with Crippen LogP contribution >= 0.6 is 0 Å². The second-order valence-electron chi connectivity index (χ2n) is 5.60. The lowest BCUT2D eigenvalue weighted by Gasteiger charge is -2.32. The SMILES string of the molecule is [2H]C([2H])([2H])Oc1c(N)cc(F)cc1B1OC(C)(C)C(C)(C)O1. The first-order valence-electron chi connectivity index (χ1n) is 7.46. The van der Waals surface area contributed by atoms with Crippen molar-refractivity contribution in [3.63, 3.8) is 0 Å². The number of anilines is 1. The van der Waals surface area contributed by atoms with E-state index in [1.54, 1.807) is 0 Å². The predicted molar refractivity (Wildman–Crippen MR) is 73.1 cm³/mol. The Labute approximate surface area is 117 Å². The van der Waals surface area contributed by atoms with Gasteiger partial charge in [-0.25, -0.2) is 4.39 Å². The van der Waals surface area contributed by atoms with Gasteiger partial charge in [0.2, 0.25) is 0 Å². The van der Waals surface area contributed by atoms with Crippen LogP contribution in [0.15, 0.2) is 12.1 Å². The van der Waals surface area contributed by atoms with Crippen molar-refractivity contribution in [2.75, 3.05) is 12.8 Å². The molecule has 0 saturated carbocycles. The van der Waals surface area contributed by atoms with E-state index in [9.17, 15) is 4.39 Å². The topological polar surface area (TPSA) is 53.7 Å². The summed E-state index contributed by atoms with van der Waals surface area (Å²) in [4.78, 5) is 0. The van der Waals surface area contributed by atoms with Gasteiger partial charge in [0.15, 0.2) is 0 Å². The van der Waals surface area contributed by atoms with Crippen LogP contribution in [0.2, 0.25) is 0 Å². The maximum Gasteiger partial charge on any atom is 0.498 e. The summed E-state index contributed by atoms with van der Waals surface area (Å²) in [6.07, 6.45) is 0. The molecular formula is C13H19BFNO3. The molecule has 0 radical (unpaired) electrons. The fourth-order valence-electron chi connectivity index (χ4n) is 1.90. The Morgan fingerprint density at radius 3 is 2.37 bits per heavy atom. The highest BCUT2D eigenvalue weighted by molar-refractivity contribution is 6.63. The molecule has 0 aromatic heterocycles. The number of hydrogen-bond acceptors (Lipinski definition) is 4. The molecule has 19 heavy (non-hydrogen) atoms. The zero-order valence-electron chi connectivity index (χ0n) is 14.4. The molecule has 0 spiro atoms. The molecule has 2 N–H and O–H groups in total. The highest BCUT2D eigenvalue weighted by Gasteiger charge is 2.52. The van der Waals surface area contributed by atoms with E-state index in [1.807, 2.05) is 27.7 Å². The summed E-state index contributed by atoms with van der Waals surface area (Å²) in [5.74, 6) is -0.778. The van der Waals surface area contributed by atoms with Gasteiger partial charge in [0.25, 0.3) is 0 Å². The van der Waals surface area contributed by atoms with E-state index in [0.717, 1.165) is 12.1 Å². The second kappa shape index (κ2) is 4.39. The Balaban J connectivity index is 2.47. The Hall–Kier alpha value is -1.27. The van der Waals surface area contributed by atoms with Crippen molar-refractivity contribution in [2.45, 2.75) is 38.9 Å². The van der Waals surface area contributed by atoms with E-state index in [4.69, 9.17) is 23.9 Å². The molecule has 1 aromatic carbocycles. The lowest BCUT2D eigenvalue weighted by atomic mass is 9.78. The van der Waals surface area contributed by atoms with Gasteiger partial charge in [0.05, 0.1) is 28.0 Å². The van der Waals surface area contributed by atoms with Gasteiger partial charge in [0.1, 0.15) is 11.6 Å². The summed E-state index contributed by atoms with van der Waals surface area (Å²) >= 11 is 0. The van der Waals surface area contributed by atoms with E-state index < -0.39 is 31.2 Å². The van der Waals surface area contributed by atoms with Crippen molar-refractivity contribution in [3.8, 4) is 5.75 Å². The fraction of sp³-hybridized carbons (Fsp3) is 0.538. The Bertz CT molecular complexity index is 577. The molecule has 1 saturated heterocycles. The third-order valence-electron chi connectivity index (χ3n) is 3.72. The predicted octanol–water partition coefficient (Wildman–Crippen LogP) is 1.72. The summed E-state index contributed by atoms with van der Waals surface area (Å²) < 4.78 is 51.9. The van der Waals surface area contributed by atoms with Gasteiger partial charge >= 0.3 is 7.12 Å². The van der Waals surface area contributed by atoms with Crippen LogP contribution in [0.25, 0.3) is 0 Å². The van der Waals surface area contributed by atoms with Crippen LogP contribution in [0.3, 0.4) is 0 Å². The molecule has 0 amide bonds. The molecule has 0 bridgehead atoms. The van der Waals surface area contributed by atoms with Crippen LogP contribution < -0.4 is 15.9 Å². The van der Waals surface area contributed by atoms with E-state index >= 15 is 0 Å². The third kappa shape index (κ3) is 2.30. The zero-order chi connectivity index (χ0) is 16.9. The maximum atomic E-state index is 13.7. The average molecular weight is 270 g/mol. The molecule has 1 fully saturated rings. The van der Waals surface area contributed by atoms with Crippen LogP contribution in [0, 0.1) is 5.82 Å². The van der Waals surface area contributed by atoms with Gasteiger partial charge in [-0.1, -0.05) is 0 Å².